The molecule has 2 heterocycles. The first-order chi connectivity index (χ1) is 20.2. The van der Waals surface area contributed by atoms with Crippen LogP contribution in [0.15, 0.2) is 42.5 Å². The van der Waals surface area contributed by atoms with Crippen LogP contribution in [0.4, 0.5) is 10.5 Å². The number of fused-ring (bicyclic) bond motifs is 7. The van der Waals surface area contributed by atoms with Crippen LogP contribution in [0.2, 0.25) is 18.1 Å². The van der Waals surface area contributed by atoms with Crippen LogP contribution in [-0.4, -0.2) is 68.0 Å². The number of carbonyl (C=O) groups excluding carboxylic acids is 3. The summed E-state index contributed by atoms with van der Waals surface area (Å²) in [6.07, 6.45) is -1.81. The van der Waals surface area contributed by atoms with Crippen LogP contribution in [0.3, 0.4) is 0 Å². The highest BCUT2D eigenvalue weighted by Crippen LogP contribution is 2.42. The van der Waals surface area contributed by atoms with Crippen LogP contribution in [0.5, 0.6) is 11.5 Å². The lowest BCUT2D eigenvalue weighted by Crippen LogP contribution is -2.57. The Balaban J connectivity index is 2.27. The largest absolute Gasteiger partial charge is 0.467 e. The van der Waals surface area contributed by atoms with Gasteiger partial charge in [0.2, 0.25) is 11.7 Å². The van der Waals surface area contributed by atoms with Gasteiger partial charge < -0.3 is 24.0 Å². The molecule has 0 unspecified atom stereocenters. The summed E-state index contributed by atoms with van der Waals surface area (Å²) in [4.78, 5) is 53.1. The average Bonchev–Trinajstić information content (AvgIpc) is 2.90. The highest BCUT2D eigenvalue weighted by molar-refractivity contribution is 6.74. The van der Waals surface area contributed by atoms with E-state index >= 15 is 0 Å². The zero-order valence-corrected chi connectivity index (χ0v) is 28.0. The lowest BCUT2D eigenvalue weighted by atomic mass is 9.98. The van der Waals surface area contributed by atoms with E-state index in [-0.39, 0.29) is 22.9 Å². The van der Waals surface area contributed by atoms with Crippen LogP contribution < -0.4 is 10.1 Å². The minimum atomic E-state index is -2.60. The van der Waals surface area contributed by atoms with Crippen molar-refractivity contribution in [2.45, 2.75) is 89.9 Å². The van der Waals surface area contributed by atoms with Gasteiger partial charge >= 0.3 is 17.7 Å². The lowest BCUT2D eigenvalue weighted by molar-refractivity contribution is -0.385. The van der Waals surface area contributed by atoms with Crippen molar-refractivity contribution >= 4 is 32.0 Å². The summed E-state index contributed by atoms with van der Waals surface area (Å²) < 4.78 is 23.4. The molecule has 2 aliphatic heterocycles. The van der Waals surface area contributed by atoms with Gasteiger partial charge in [-0.15, -0.1) is 0 Å². The maximum Gasteiger partial charge on any atom is 0.410 e. The molecule has 0 aliphatic carbocycles. The molecule has 0 fully saturated rings. The first kappa shape index (κ1) is 34.5. The zero-order chi connectivity index (χ0) is 33.2. The molecule has 2 aromatic rings. The number of methoxy groups -OCH3 is 1. The van der Waals surface area contributed by atoms with E-state index in [9.17, 15) is 24.5 Å². The number of esters is 1. The normalized spacial score (nSPS) is 19.2. The van der Waals surface area contributed by atoms with Gasteiger partial charge in [-0.1, -0.05) is 39.0 Å². The first-order valence-corrected chi connectivity index (χ1v) is 17.2. The van der Waals surface area contributed by atoms with Gasteiger partial charge in [0.15, 0.2) is 8.32 Å². The quantitative estimate of drug-likeness (QED) is 0.185. The maximum atomic E-state index is 14.3. The van der Waals surface area contributed by atoms with E-state index in [2.05, 4.69) is 26.1 Å². The summed E-state index contributed by atoms with van der Waals surface area (Å²) in [5, 5.41) is 14.2. The smallest absolute Gasteiger partial charge is 0.410 e. The van der Waals surface area contributed by atoms with Crippen LogP contribution >= 0.6 is 0 Å². The fourth-order valence-corrected chi connectivity index (χ4v) is 5.63. The Labute approximate surface area is 259 Å². The second-order valence-corrected chi connectivity index (χ2v) is 18.1. The monoisotopic (exact) mass is 629 g/mol. The molecule has 0 spiro atoms. The summed E-state index contributed by atoms with van der Waals surface area (Å²) in [7, 11) is 0.0443. The minimum absolute atomic E-state index is 0.0242. The molecule has 2 aromatic carbocycles. The molecule has 0 saturated heterocycles. The van der Waals surface area contributed by atoms with Gasteiger partial charge in [-0.3, -0.25) is 19.8 Å². The van der Waals surface area contributed by atoms with Crippen molar-refractivity contribution in [3.63, 3.8) is 0 Å². The van der Waals surface area contributed by atoms with Gasteiger partial charge in [-0.2, -0.15) is 0 Å². The van der Waals surface area contributed by atoms with Crippen LogP contribution in [0.1, 0.15) is 58.8 Å². The van der Waals surface area contributed by atoms with Crippen molar-refractivity contribution < 1.29 is 37.9 Å². The summed E-state index contributed by atoms with van der Waals surface area (Å²) in [5.41, 5.74) is -0.0872. The van der Waals surface area contributed by atoms with Crippen LogP contribution in [0.25, 0.3) is 0 Å². The van der Waals surface area contributed by atoms with Gasteiger partial charge in [-0.25, -0.2) is 9.59 Å². The number of ether oxygens (including phenoxy) is 3. The van der Waals surface area contributed by atoms with Gasteiger partial charge in [-0.05, 0) is 68.2 Å². The molecule has 3 atom stereocenters. The predicted molar refractivity (Wildman–Crippen MR) is 166 cm³/mol. The van der Waals surface area contributed by atoms with Gasteiger partial charge in [0, 0.05) is 19.5 Å². The number of hydrogen-bond acceptors (Lipinski definition) is 9. The number of nitrogens with one attached hydrogen (secondary N) is 1. The maximum absolute atomic E-state index is 14.3. The fraction of sp³-hybridized carbons (Fsp3) is 0.516. The van der Waals surface area contributed by atoms with E-state index in [1.165, 1.54) is 37.3 Å². The molecule has 2 amide bonds. The van der Waals surface area contributed by atoms with Crippen molar-refractivity contribution in [3.05, 3.63) is 63.7 Å². The van der Waals surface area contributed by atoms with E-state index in [4.69, 9.17) is 18.6 Å². The number of hydrogen-bond donors (Lipinski definition) is 1. The molecule has 0 saturated carbocycles. The molecule has 1 N–H and O–H groups in total. The summed E-state index contributed by atoms with van der Waals surface area (Å²) in [5.74, 6) is -1.13. The summed E-state index contributed by atoms with van der Waals surface area (Å²) in [6, 6.07) is 8.37. The van der Waals surface area contributed by atoms with Gasteiger partial charge in [0.25, 0.3) is 0 Å². The number of nitro groups is 1. The average molecular weight is 630 g/mol. The third-order valence-electron chi connectivity index (χ3n) is 7.78. The molecule has 4 bridgehead atoms. The number of rotatable bonds is 5. The molecule has 240 valence electrons. The number of nitro benzene ring substituents is 1. The molecule has 44 heavy (non-hydrogen) atoms. The Hall–Kier alpha value is -3.97. The van der Waals surface area contributed by atoms with E-state index < -0.39 is 55.0 Å². The summed E-state index contributed by atoms with van der Waals surface area (Å²) >= 11 is 0. The molecule has 4 rings (SSSR count). The third kappa shape index (κ3) is 8.14. The van der Waals surface area contributed by atoms with E-state index in [1.54, 1.807) is 45.0 Å². The molecular formula is C31H43N3O9Si. The van der Waals surface area contributed by atoms with Gasteiger partial charge in [0.1, 0.15) is 29.5 Å². The number of amides is 2. The number of nitrogens with zero attached hydrogens (tertiary/aromatic N) is 2. The van der Waals surface area contributed by atoms with Crippen molar-refractivity contribution in [2.24, 2.45) is 0 Å². The second-order valence-electron chi connectivity index (χ2n) is 13.4. The molecular weight excluding hydrogens is 586 g/mol. The lowest BCUT2D eigenvalue weighted by Gasteiger charge is -2.43. The van der Waals surface area contributed by atoms with Crippen molar-refractivity contribution in [1.29, 1.82) is 0 Å². The van der Waals surface area contributed by atoms with Crippen molar-refractivity contribution in [3.8, 4) is 11.5 Å². The molecule has 2 aliphatic rings. The number of benzene rings is 2. The standard InChI is InChI=1S/C31H43N3O9Si/c1-30(2,3)42-29(37)33(7)25-26(43-44(9,10)31(4,5)6)20-12-14-21(15-13-20)41-24-18-19(11-16-23(24)34(38)39)17-22(28(36)40-8)32-27(25)35/h11-16,18,22,25-26H,17H2,1-10H3,(H,32,35)/t22-,25-,26-/m0/s1. The third-order valence-corrected chi connectivity index (χ3v) is 12.2. The van der Waals surface area contributed by atoms with E-state index in [0.29, 0.717) is 16.9 Å². The van der Waals surface area contributed by atoms with Crippen LogP contribution in [-0.2, 0) is 29.9 Å². The predicted octanol–water partition coefficient (Wildman–Crippen LogP) is 5.90. The molecule has 13 heteroatoms. The molecule has 0 aromatic heterocycles. The van der Waals surface area contributed by atoms with Crippen molar-refractivity contribution in [2.75, 3.05) is 14.2 Å². The Kier molecular flexibility index (Phi) is 10.2. The fourth-order valence-electron chi connectivity index (χ4n) is 4.37. The SMILES string of the molecule is COC(=O)[C@@H]1Cc2ccc([N+](=O)[O-])c(c2)Oc2ccc(cc2)[C@H](O[Si](C)(C)C(C)(C)C)[C@H](N(C)C(=O)OC(C)(C)C)C(=O)N1. The Morgan fingerprint density at radius 1 is 1.07 bits per heavy atom. The van der Waals surface area contributed by atoms with E-state index in [1.807, 2.05) is 13.1 Å². The Morgan fingerprint density at radius 3 is 2.20 bits per heavy atom. The molecule has 0 radical (unpaired) electrons. The van der Waals surface area contributed by atoms with Gasteiger partial charge in [0.05, 0.1) is 12.0 Å². The highest BCUT2D eigenvalue weighted by atomic mass is 28.4. The highest BCUT2D eigenvalue weighted by Gasteiger charge is 2.46. The minimum Gasteiger partial charge on any atom is -0.467 e. The molecule has 12 nitrogen and oxygen atoms in total. The Morgan fingerprint density at radius 2 is 1.68 bits per heavy atom. The second kappa shape index (κ2) is 12.9. The first-order valence-electron chi connectivity index (χ1n) is 14.3. The topological polar surface area (TPSA) is 147 Å². The zero-order valence-electron chi connectivity index (χ0n) is 27.0. The van der Waals surface area contributed by atoms with Crippen molar-refractivity contribution in [1.82, 2.24) is 10.2 Å². The Bertz CT molecular complexity index is 1400. The van der Waals surface area contributed by atoms with Crippen LogP contribution in [0, 0.1) is 10.1 Å². The number of carbonyl (C=O) groups is 3. The van der Waals surface area contributed by atoms with E-state index in [0.717, 1.165) is 0 Å². The summed E-state index contributed by atoms with van der Waals surface area (Å²) in [6.45, 7) is 15.4. The number of likely N-dealkylation sites (N-methyl/N-ethyl adjacent to an activating group) is 1.